The van der Waals surface area contributed by atoms with E-state index in [0.29, 0.717) is 12.3 Å². The van der Waals surface area contributed by atoms with Crippen molar-refractivity contribution in [3.05, 3.63) is 76.0 Å². The zero-order chi connectivity index (χ0) is 27.0. The minimum Gasteiger partial charge on any atom is -1.00 e. The molecule has 1 heterocycles. The summed E-state index contributed by atoms with van der Waals surface area (Å²) in [6, 6.07) is 12.3. The van der Waals surface area contributed by atoms with Crippen LogP contribution < -0.4 is 31.6 Å². The maximum atomic E-state index is 14.6. The maximum Gasteiger partial charge on any atom is 0.259 e. The van der Waals surface area contributed by atoms with Crippen LogP contribution in [0.5, 0.6) is 5.75 Å². The second-order valence-electron chi connectivity index (χ2n) is 10.1. The van der Waals surface area contributed by atoms with Gasteiger partial charge in [-0.2, -0.15) is 4.57 Å². The number of benzene rings is 2. The summed E-state index contributed by atoms with van der Waals surface area (Å²) in [5.41, 5.74) is 1.98. The minimum absolute atomic E-state index is 0. The van der Waals surface area contributed by atoms with Gasteiger partial charge in [0.25, 0.3) is 5.91 Å². The van der Waals surface area contributed by atoms with E-state index in [9.17, 15) is 9.18 Å². The average Bonchev–Trinajstić information content (AvgIpc) is 3.31. The molecule has 1 N–H and O–H groups in total. The number of thiazole rings is 1. The van der Waals surface area contributed by atoms with Crippen LogP contribution in [-0.2, 0) is 6.54 Å². The van der Waals surface area contributed by atoms with Crippen molar-refractivity contribution in [1.29, 1.82) is 0 Å². The van der Waals surface area contributed by atoms with E-state index in [1.165, 1.54) is 75.3 Å². The molecule has 1 aromatic heterocycles. The number of aryl methyl sites for hydroxylation is 1. The molecule has 7 heteroatoms. The van der Waals surface area contributed by atoms with E-state index in [4.69, 9.17) is 4.74 Å². The lowest BCUT2D eigenvalue weighted by atomic mass is 10.1. The largest absolute Gasteiger partial charge is 1.00 e. The lowest BCUT2D eigenvalue weighted by molar-refractivity contribution is -0.689. The number of carbonyl (C=O) groups excluding carboxylic acids is 1. The van der Waals surface area contributed by atoms with E-state index < -0.39 is 5.82 Å². The van der Waals surface area contributed by atoms with Crippen LogP contribution in [0.3, 0.4) is 0 Å². The van der Waals surface area contributed by atoms with Crippen LogP contribution >= 0.6 is 11.3 Å². The summed E-state index contributed by atoms with van der Waals surface area (Å²) < 4.78 is 22.6. The number of aromatic nitrogens is 1. The van der Waals surface area contributed by atoms with E-state index in [1.807, 2.05) is 24.3 Å². The molecule has 0 saturated heterocycles. The van der Waals surface area contributed by atoms with Crippen LogP contribution in [0.4, 0.5) is 10.1 Å². The molecule has 39 heavy (non-hydrogen) atoms. The van der Waals surface area contributed by atoms with E-state index in [1.54, 1.807) is 23.5 Å². The Hall–Kier alpha value is -2.25. The van der Waals surface area contributed by atoms with Gasteiger partial charge in [0.05, 0.1) is 17.6 Å². The van der Waals surface area contributed by atoms with Crippen molar-refractivity contribution in [2.24, 2.45) is 0 Å². The molecule has 0 unspecified atom stereocenters. The van der Waals surface area contributed by atoms with E-state index in [-0.39, 0.29) is 34.2 Å². The number of hydrogen-bond donors (Lipinski definition) is 1. The highest BCUT2D eigenvalue weighted by molar-refractivity contribution is 7.09. The van der Waals surface area contributed by atoms with Crippen molar-refractivity contribution < 1.29 is 35.5 Å². The first kappa shape index (κ1) is 33.0. The Morgan fingerprint density at radius 2 is 1.56 bits per heavy atom. The van der Waals surface area contributed by atoms with Crippen molar-refractivity contribution in [2.75, 3.05) is 11.9 Å². The monoisotopic (exact) mass is 618 g/mol. The molecule has 0 saturated carbocycles. The number of amides is 1. The number of nitrogens with one attached hydrogen (secondary N) is 1. The number of carbonyl (C=O) groups is 1. The number of halogens is 2. The molecule has 1 amide bonds. The molecular formula is C32H44BrFN2O2S. The fraction of sp³-hybridized carbons (Fsp3) is 0.500. The van der Waals surface area contributed by atoms with E-state index in [2.05, 4.69) is 35.3 Å². The highest BCUT2D eigenvalue weighted by Gasteiger charge is 2.17. The van der Waals surface area contributed by atoms with E-state index >= 15 is 0 Å². The molecule has 0 aliphatic rings. The molecule has 3 rings (SSSR count). The Labute approximate surface area is 248 Å². The summed E-state index contributed by atoms with van der Waals surface area (Å²) in [6.07, 6.45) is 17.1. The molecule has 3 aromatic rings. The maximum absolute atomic E-state index is 14.6. The van der Waals surface area contributed by atoms with Crippen LogP contribution in [0.1, 0.15) is 105 Å². The van der Waals surface area contributed by atoms with Crippen LogP contribution in [0.15, 0.2) is 54.0 Å². The van der Waals surface area contributed by atoms with Gasteiger partial charge in [-0.15, -0.1) is 0 Å². The normalized spacial score (nSPS) is 10.7. The number of rotatable bonds is 18. The highest BCUT2D eigenvalue weighted by Crippen LogP contribution is 2.25. The van der Waals surface area contributed by atoms with Gasteiger partial charge in [-0.1, -0.05) is 107 Å². The van der Waals surface area contributed by atoms with Crippen LogP contribution in [-0.4, -0.2) is 12.5 Å². The lowest BCUT2D eigenvalue weighted by Crippen LogP contribution is -3.00. The second kappa shape index (κ2) is 18.9. The number of hydrogen-bond acceptors (Lipinski definition) is 3. The molecule has 0 atom stereocenters. The zero-order valence-electron chi connectivity index (χ0n) is 23.5. The van der Waals surface area contributed by atoms with Gasteiger partial charge in [0.2, 0.25) is 5.01 Å². The van der Waals surface area contributed by atoms with E-state index in [0.717, 1.165) is 24.9 Å². The fourth-order valence-corrected chi connectivity index (χ4v) is 5.30. The molecule has 0 bridgehead atoms. The summed E-state index contributed by atoms with van der Waals surface area (Å²) >= 11 is 1.70. The SMILES string of the molecule is CCCCCCCCCCCCCCOc1c(F)cccc1C(=O)Nc1cccc(C[n+]2ccsc2C)c1.[Br-]. The molecule has 4 nitrogen and oxygen atoms in total. The van der Waals surface area contributed by atoms with Gasteiger partial charge in [0.15, 0.2) is 24.3 Å². The molecule has 0 fully saturated rings. The number of unbranched alkanes of at least 4 members (excludes halogenated alkanes) is 11. The number of nitrogens with zero attached hydrogens (tertiary/aromatic N) is 1. The molecule has 0 aliphatic heterocycles. The van der Waals surface area contributed by atoms with Crippen molar-refractivity contribution in [2.45, 2.75) is 97.4 Å². The summed E-state index contributed by atoms with van der Waals surface area (Å²) in [5.74, 6) is -0.839. The Bertz CT molecular complexity index is 1120. The fourth-order valence-electron chi connectivity index (χ4n) is 4.63. The predicted octanol–water partition coefficient (Wildman–Crippen LogP) is 5.87. The van der Waals surface area contributed by atoms with Gasteiger partial charge in [0.1, 0.15) is 0 Å². The average molecular weight is 620 g/mol. The van der Waals surface area contributed by atoms with Gasteiger partial charge in [-0.3, -0.25) is 4.79 Å². The Morgan fingerprint density at radius 1 is 0.923 bits per heavy atom. The first-order chi connectivity index (χ1) is 18.6. The molecule has 214 valence electrons. The van der Waals surface area contributed by atoms with Crippen molar-refractivity contribution in [3.63, 3.8) is 0 Å². The summed E-state index contributed by atoms with van der Waals surface area (Å²) in [6.45, 7) is 5.47. The standard InChI is InChI=1S/C32H43FN2O2S.BrH/c1-3-4-5-6-7-8-9-10-11-12-13-14-22-37-31-29(19-16-20-30(31)33)32(36)34-28-18-15-17-27(24-28)25-35-21-23-38-26(35)2;/h15-21,23-24H,3-14,22,25H2,1-2H3;1H. The minimum atomic E-state index is -0.505. The van der Waals surface area contributed by atoms with Crippen molar-refractivity contribution >= 4 is 22.9 Å². The molecule has 2 aromatic carbocycles. The summed E-state index contributed by atoms with van der Waals surface area (Å²) in [4.78, 5) is 13.0. The zero-order valence-corrected chi connectivity index (χ0v) is 25.9. The lowest BCUT2D eigenvalue weighted by Gasteiger charge is -2.13. The number of anilines is 1. The number of para-hydroxylation sites is 1. The van der Waals surface area contributed by atoms with Crippen molar-refractivity contribution in [3.8, 4) is 5.75 Å². The number of ether oxygens (including phenoxy) is 1. The third-order valence-corrected chi connectivity index (χ3v) is 7.71. The van der Waals surface area contributed by atoms with Gasteiger partial charge in [0, 0.05) is 18.2 Å². The first-order valence-corrected chi connectivity index (χ1v) is 15.2. The third kappa shape index (κ3) is 11.8. The quantitative estimate of drug-likeness (QED) is 0.143. The van der Waals surface area contributed by atoms with Gasteiger partial charge in [-0.25, -0.2) is 4.39 Å². The Balaban J connectivity index is 0.00000533. The van der Waals surface area contributed by atoms with Crippen LogP contribution in [0, 0.1) is 12.7 Å². The molecule has 0 radical (unpaired) electrons. The van der Waals surface area contributed by atoms with Crippen molar-refractivity contribution in [1.82, 2.24) is 0 Å². The molecular weight excluding hydrogens is 575 g/mol. The third-order valence-electron chi connectivity index (χ3n) is 6.88. The predicted molar refractivity (Wildman–Crippen MR) is 156 cm³/mol. The topological polar surface area (TPSA) is 42.2 Å². The van der Waals surface area contributed by atoms with Gasteiger partial charge in [-0.05, 0) is 30.7 Å². The smallest absolute Gasteiger partial charge is 0.259 e. The molecule has 0 spiro atoms. The van der Waals surface area contributed by atoms with Gasteiger partial charge < -0.3 is 27.0 Å². The van der Waals surface area contributed by atoms with Gasteiger partial charge >= 0.3 is 0 Å². The first-order valence-electron chi connectivity index (χ1n) is 14.3. The summed E-state index contributed by atoms with van der Waals surface area (Å²) in [7, 11) is 0. The highest BCUT2D eigenvalue weighted by atomic mass is 79.9. The molecule has 0 aliphatic carbocycles. The van der Waals surface area contributed by atoms with Crippen LogP contribution in [0.2, 0.25) is 0 Å². The van der Waals surface area contributed by atoms with Crippen LogP contribution in [0.25, 0.3) is 0 Å². The Morgan fingerprint density at radius 3 is 2.21 bits per heavy atom. The summed E-state index contributed by atoms with van der Waals surface area (Å²) in [5, 5.41) is 6.19. The Kier molecular flexibility index (Phi) is 16.0. The second-order valence-corrected chi connectivity index (χ2v) is 11.2.